The number of pyridine rings is 1. The molecule has 0 unspecified atom stereocenters. The highest BCUT2D eigenvalue weighted by molar-refractivity contribution is 6.09. The molecule has 0 bridgehead atoms. The molecular weight excluding hydrogens is 344 g/mol. The average molecular weight is 370 g/mol. The highest BCUT2D eigenvalue weighted by Gasteiger charge is 2.28. The van der Waals surface area contributed by atoms with Gasteiger partial charge < -0.3 is 5.32 Å². The van der Waals surface area contributed by atoms with Crippen LogP contribution >= 0.6 is 0 Å². The minimum Gasteiger partial charge on any atom is -0.349 e. The molecule has 3 nitrogen and oxygen atoms in total. The second kappa shape index (κ2) is 7.05. The summed E-state index contributed by atoms with van der Waals surface area (Å²) in [4.78, 5) is 18.5. The van der Waals surface area contributed by atoms with Crippen molar-refractivity contribution in [3.8, 4) is 11.3 Å². The third-order valence-corrected chi connectivity index (χ3v) is 6.57. The van der Waals surface area contributed by atoms with Gasteiger partial charge in [0.1, 0.15) is 0 Å². The second-order valence-electron chi connectivity index (χ2n) is 8.33. The molecule has 1 N–H and O–H groups in total. The zero-order valence-corrected chi connectivity index (χ0v) is 16.4. The quantitative estimate of drug-likeness (QED) is 0.664. The summed E-state index contributed by atoms with van der Waals surface area (Å²) < 4.78 is 0. The normalized spacial score (nSPS) is 21.0. The Balaban J connectivity index is 1.65. The van der Waals surface area contributed by atoms with Crippen LogP contribution in [0, 0.1) is 5.92 Å². The average Bonchev–Trinajstić information content (AvgIpc) is 2.73. The number of benzene rings is 2. The van der Waals surface area contributed by atoms with Crippen LogP contribution in [0.3, 0.4) is 0 Å². The fraction of sp³-hybridized carbons (Fsp3) is 0.360. The maximum atomic E-state index is 13.5. The molecule has 1 fully saturated rings. The Morgan fingerprint density at radius 1 is 1.00 bits per heavy atom. The maximum absolute atomic E-state index is 13.5. The number of rotatable bonds is 2. The van der Waals surface area contributed by atoms with Gasteiger partial charge in [0.15, 0.2) is 0 Å². The van der Waals surface area contributed by atoms with Gasteiger partial charge in [0.05, 0.1) is 16.8 Å². The van der Waals surface area contributed by atoms with Gasteiger partial charge in [0, 0.05) is 17.0 Å². The van der Waals surface area contributed by atoms with Crippen LogP contribution in [0.15, 0.2) is 48.5 Å². The van der Waals surface area contributed by atoms with Gasteiger partial charge in [-0.15, -0.1) is 0 Å². The summed E-state index contributed by atoms with van der Waals surface area (Å²) in [7, 11) is 0. The summed E-state index contributed by atoms with van der Waals surface area (Å²) in [6, 6.07) is 16.8. The van der Waals surface area contributed by atoms with E-state index in [0.717, 1.165) is 47.0 Å². The van der Waals surface area contributed by atoms with Gasteiger partial charge in [0.2, 0.25) is 0 Å². The topological polar surface area (TPSA) is 42.0 Å². The molecule has 142 valence electrons. The van der Waals surface area contributed by atoms with E-state index < -0.39 is 0 Å². The Morgan fingerprint density at radius 3 is 2.68 bits per heavy atom. The van der Waals surface area contributed by atoms with E-state index in [2.05, 4.69) is 36.5 Å². The molecule has 3 aromatic rings. The fourth-order valence-corrected chi connectivity index (χ4v) is 4.98. The number of carbonyl (C=O) groups excluding carboxylic acids is 1. The number of para-hydroxylation sites is 1. The van der Waals surface area contributed by atoms with Gasteiger partial charge in [-0.2, -0.15) is 0 Å². The third kappa shape index (κ3) is 2.90. The summed E-state index contributed by atoms with van der Waals surface area (Å²) in [6.07, 6.45) is 6.60. The van der Waals surface area contributed by atoms with Crippen LogP contribution in [0.5, 0.6) is 0 Å². The standard InChI is InChI=1S/C25H26N2O/c1-16-8-2-6-12-21(16)27-25(28)23-19-11-5-7-13-22(19)26-24-18-10-4-3-9-17(18)14-15-20(23)24/h3-5,7,9-11,13,16,21H,2,6,8,12,14-15H2,1H3,(H,27,28)/t16-,21+/m0/s1. The maximum Gasteiger partial charge on any atom is 0.252 e. The highest BCUT2D eigenvalue weighted by Crippen LogP contribution is 2.37. The molecule has 2 atom stereocenters. The van der Waals surface area contributed by atoms with Crippen LogP contribution in [-0.2, 0) is 12.8 Å². The van der Waals surface area contributed by atoms with Gasteiger partial charge in [-0.1, -0.05) is 62.2 Å². The van der Waals surface area contributed by atoms with Crippen molar-refractivity contribution in [2.75, 3.05) is 0 Å². The Bertz CT molecular complexity index is 1060. The number of nitrogens with one attached hydrogen (secondary N) is 1. The molecule has 28 heavy (non-hydrogen) atoms. The van der Waals surface area contributed by atoms with Gasteiger partial charge in [0.25, 0.3) is 5.91 Å². The number of nitrogens with zero attached hydrogens (tertiary/aromatic N) is 1. The van der Waals surface area contributed by atoms with Crippen LogP contribution in [0.2, 0.25) is 0 Å². The van der Waals surface area contributed by atoms with E-state index in [-0.39, 0.29) is 11.9 Å². The Morgan fingerprint density at radius 2 is 1.79 bits per heavy atom. The van der Waals surface area contributed by atoms with Crippen LogP contribution in [0.25, 0.3) is 22.2 Å². The summed E-state index contributed by atoms with van der Waals surface area (Å²) in [6.45, 7) is 2.26. The highest BCUT2D eigenvalue weighted by atomic mass is 16.1. The summed E-state index contributed by atoms with van der Waals surface area (Å²) in [5.41, 5.74) is 6.34. The van der Waals surface area contributed by atoms with E-state index in [1.807, 2.05) is 24.3 Å². The zero-order chi connectivity index (χ0) is 19.1. The smallest absolute Gasteiger partial charge is 0.252 e. The van der Waals surface area contributed by atoms with Crippen molar-refractivity contribution in [3.05, 3.63) is 65.2 Å². The number of carbonyl (C=O) groups is 1. The number of aromatic nitrogens is 1. The first kappa shape index (κ1) is 17.4. The summed E-state index contributed by atoms with van der Waals surface area (Å²) >= 11 is 0. The van der Waals surface area contributed by atoms with Crippen LogP contribution in [0.4, 0.5) is 0 Å². The Labute approximate surface area is 166 Å². The van der Waals surface area contributed by atoms with E-state index in [1.54, 1.807) is 0 Å². The monoisotopic (exact) mass is 370 g/mol. The molecular formula is C25H26N2O. The van der Waals surface area contributed by atoms with Crippen molar-refractivity contribution in [2.24, 2.45) is 5.92 Å². The van der Waals surface area contributed by atoms with Gasteiger partial charge >= 0.3 is 0 Å². The summed E-state index contributed by atoms with van der Waals surface area (Å²) in [5.74, 6) is 0.621. The SMILES string of the molecule is C[C@H]1CCCC[C@H]1NC(=O)c1c2c(nc3ccccc13)-c1ccccc1CC2. The predicted molar refractivity (Wildman–Crippen MR) is 113 cm³/mol. The molecule has 0 radical (unpaired) electrons. The molecule has 1 heterocycles. The Kier molecular flexibility index (Phi) is 4.38. The molecule has 0 spiro atoms. The molecule has 3 heteroatoms. The van der Waals surface area contributed by atoms with Gasteiger partial charge in [-0.25, -0.2) is 4.98 Å². The molecule has 1 amide bonds. The van der Waals surface area contributed by atoms with Crippen molar-refractivity contribution < 1.29 is 4.79 Å². The molecule has 2 aromatic carbocycles. The largest absolute Gasteiger partial charge is 0.349 e. The Hall–Kier alpha value is -2.68. The number of fused-ring (bicyclic) bond motifs is 4. The first-order chi connectivity index (χ1) is 13.7. The van der Waals surface area contributed by atoms with Crippen molar-refractivity contribution in [1.82, 2.24) is 10.3 Å². The molecule has 0 aliphatic heterocycles. The lowest BCUT2D eigenvalue weighted by atomic mass is 9.83. The van der Waals surface area contributed by atoms with Crippen molar-refractivity contribution in [1.29, 1.82) is 0 Å². The second-order valence-corrected chi connectivity index (χ2v) is 8.33. The van der Waals surface area contributed by atoms with E-state index in [4.69, 9.17) is 4.98 Å². The molecule has 0 saturated heterocycles. The van der Waals surface area contributed by atoms with E-state index in [0.29, 0.717) is 5.92 Å². The molecule has 1 saturated carbocycles. The van der Waals surface area contributed by atoms with Crippen LogP contribution in [-0.4, -0.2) is 16.9 Å². The fourth-order valence-electron chi connectivity index (χ4n) is 4.98. The number of hydrogen-bond donors (Lipinski definition) is 1. The minimum atomic E-state index is 0.0768. The van der Waals surface area contributed by atoms with Crippen LogP contribution < -0.4 is 5.32 Å². The van der Waals surface area contributed by atoms with E-state index in [1.165, 1.54) is 30.4 Å². The first-order valence-electron chi connectivity index (χ1n) is 10.5. The number of aryl methyl sites for hydroxylation is 1. The summed E-state index contributed by atoms with van der Waals surface area (Å²) in [5, 5.41) is 4.36. The number of amides is 1. The number of hydrogen-bond acceptors (Lipinski definition) is 2. The van der Waals surface area contributed by atoms with E-state index in [9.17, 15) is 4.79 Å². The third-order valence-electron chi connectivity index (χ3n) is 6.57. The molecule has 1 aromatic heterocycles. The predicted octanol–water partition coefficient (Wildman–Crippen LogP) is 5.31. The lowest BCUT2D eigenvalue weighted by Crippen LogP contribution is -2.41. The van der Waals surface area contributed by atoms with Gasteiger partial charge in [-0.3, -0.25) is 4.79 Å². The van der Waals surface area contributed by atoms with Crippen LogP contribution in [0.1, 0.15) is 54.1 Å². The lowest BCUT2D eigenvalue weighted by Gasteiger charge is -2.30. The lowest BCUT2D eigenvalue weighted by molar-refractivity contribution is 0.0911. The molecule has 2 aliphatic rings. The van der Waals surface area contributed by atoms with Gasteiger partial charge in [-0.05, 0) is 48.8 Å². The minimum absolute atomic E-state index is 0.0768. The first-order valence-corrected chi connectivity index (χ1v) is 10.5. The van der Waals surface area contributed by atoms with Crippen molar-refractivity contribution >= 4 is 16.8 Å². The van der Waals surface area contributed by atoms with E-state index >= 15 is 0 Å². The van der Waals surface area contributed by atoms with Crippen molar-refractivity contribution in [2.45, 2.75) is 51.5 Å². The molecule has 2 aliphatic carbocycles. The van der Waals surface area contributed by atoms with Crippen molar-refractivity contribution in [3.63, 3.8) is 0 Å². The zero-order valence-electron chi connectivity index (χ0n) is 16.4. The molecule has 5 rings (SSSR count).